The molecule has 5 nitrogen and oxygen atoms in total. The normalized spacial score (nSPS) is 17.7. The molecule has 29 heavy (non-hydrogen) atoms. The smallest absolute Gasteiger partial charge is 0.237 e. The van der Waals surface area contributed by atoms with Crippen molar-refractivity contribution in [2.24, 2.45) is 0 Å². The molecule has 0 radical (unpaired) electrons. The molecule has 0 bridgehead atoms. The highest BCUT2D eigenvalue weighted by atomic mass is 32.2. The summed E-state index contributed by atoms with van der Waals surface area (Å²) in [5, 5.41) is 12.6. The van der Waals surface area contributed by atoms with Gasteiger partial charge in [0.05, 0.1) is 5.25 Å². The summed E-state index contributed by atoms with van der Waals surface area (Å²) in [6, 6.07) is 6.28. The van der Waals surface area contributed by atoms with Gasteiger partial charge in [-0.25, -0.2) is 0 Å². The molecule has 1 amide bonds. The average Bonchev–Trinajstić information content (AvgIpc) is 3.36. The fourth-order valence-corrected chi connectivity index (χ4v) is 5.32. The first-order valence-corrected chi connectivity index (χ1v) is 11.7. The largest absolute Gasteiger partial charge is 0.325 e. The van der Waals surface area contributed by atoms with Gasteiger partial charge in [-0.05, 0) is 62.3 Å². The lowest BCUT2D eigenvalue weighted by atomic mass is 9.89. The number of allylic oxidation sites excluding steroid dienone is 1. The summed E-state index contributed by atoms with van der Waals surface area (Å²) in [5.41, 5.74) is 3.67. The summed E-state index contributed by atoms with van der Waals surface area (Å²) in [6.45, 7) is 6.51. The Morgan fingerprint density at radius 2 is 2.03 bits per heavy atom. The van der Waals surface area contributed by atoms with Gasteiger partial charge >= 0.3 is 0 Å². The van der Waals surface area contributed by atoms with Gasteiger partial charge in [0.15, 0.2) is 5.16 Å². The van der Waals surface area contributed by atoms with Crippen LogP contribution in [-0.2, 0) is 24.2 Å². The Balaban J connectivity index is 1.44. The number of benzene rings is 1. The Morgan fingerprint density at radius 3 is 2.83 bits per heavy atom. The van der Waals surface area contributed by atoms with Crippen molar-refractivity contribution >= 4 is 23.4 Å². The number of carbonyl (C=O) groups excluding carboxylic acids is 1. The predicted octanol–water partition coefficient (Wildman–Crippen LogP) is 5.12. The number of rotatable bonds is 7. The molecule has 0 aliphatic heterocycles. The molecule has 1 atom stereocenters. The molecule has 1 heterocycles. The van der Waals surface area contributed by atoms with Crippen LogP contribution in [0.1, 0.15) is 68.3 Å². The minimum Gasteiger partial charge on any atom is -0.325 e. The van der Waals surface area contributed by atoms with E-state index in [1.54, 1.807) is 0 Å². The number of amides is 1. The Morgan fingerprint density at radius 1 is 1.24 bits per heavy atom. The summed E-state index contributed by atoms with van der Waals surface area (Å²) in [4.78, 5) is 12.8. The molecule has 6 heteroatoms. The first kappa shape index (κ1) is 20.2. The van der Waals surface area contributed by atoms with Crippen molar-refractivity contribution in [3.8, 4) is 0 Å². The van der Waals surface area contributed by atoms with Crippen molar-refractivity contribution in [2.75, 3.05) is 5.32 Å². The molecule has 2 aromatic rings. The number of anilines is 1. The van der Waals surface area contributed by atoms with Crippen LogP contribution >= 0.6 is 11.8 Å². The van der Waals surface area contributed by atoms with Gasteiger partial charge < -0.3 is 9.88 Å². The standard InChI is InChI=1S/C23H30N4OS/c1-3-14-27-21(18-8-5-4-6-9-18)25-26-23(27)29-16(2)22(28)24-20-13-12-17-10-7-11-19(17)15-20/h3,12-13,15-16,18H,1,4-11,14H2,2H3,(H,24,28)/t16-/m0/s1. The number of fused-ring (bicyclic) bond motifs is 1. The maximum absolute atomic E-state index is 12.8. The first-order chi connectivity index (χ1) is 14.2. The first-order valence-electron chi connectivity index (χ1n) is 10.8. The molecule has 4 rings (SSSR count). The van der Waals surface area contributed by atoms with E-state index in [2.05, 4.69) is 38.8 Å². The lowest BCUT2D eigenvalue weighted by Gasteiger charge is -2.21. The highest BCUT2D eigenvalue weighted by molar-refractivity contribution is 8.00. The number of hydrogen-bond acceptors (Lipinski definition) is 4. The van der Waals surface area contributed by atoms with E-state index in [0.717, 1.165) is 29.5 Å². The lowest BCUT2D eigenvalue weighted by Crippen LogP contribution is -2.23. The second-order valence-electron chi connectivity index (χ2n) is 8.16. The predicted molar refractivity (Wildman–Crippen MR) is 118 cm³/mol. The summed E-state index contributed by atoms with van der Waals surface area (Å²) < 4.78 is 2.15. The highest BCUT2D eigenvalue weighted by Gasteiger charge is 2.25. The molecule has 0 saturated heterocycles. The molecule has 2 aliphatic carbocycles. The quantitative estimate of drug-likeness (QED) is 0.508. The van der Waals surface area contributed by atoms with Crippen LogP contribution < -0.4 is 5.32 Å². The lowest BCUT2D eigenvalue weighted by molar-refractivity contribution is -0.115. The van der Waals surface area contributed by atoms with Gasteiger partial charge in [-0.15, -0.1) is 16.8 Å². The molecular formula is C23H30N4OS. The number of aromatic nitrogens is 3. The van der Waals surface area contributed by atoms with Crippen LogP contribution in [0, 0.1) is 0 Å². The summed E-state index contributed by atoms with van der Waals surface area (Å²) in [6.07, 6.45) is 11.5. The van der Waals surface area contributed by atoms with E-state index in [-0.39, 0.29) is 11.2 Å². The molecule has 2 aliphatic rings. The second kappa shape index (κ2) is 9.16. The third-order valence-electron chi connectivity index (χ3n) is 6.04. The highest BCUT2D eigenvalue weighted by Crippen LogP contribution is 2.34. The zero-order valence-electron chi connectivity index (χ0n) is 17.2. The summed E-state index contributed by atoms with van der Waals surface area (Å²) in [7, 11) is 0. The van der Waals surface area contributed by atoms with Crippen molar-refractivity contribution in [1.82, 2.24) is 14.8 Å². The number of hydrogen-bond donors (Lipinski definition) is 1. The molecule has 0 spiro atoms. The van der Waals surface area contributed by atoms with Crippen LogP contribution in [0.4, 0.5) is 5.69 Å². The third kappa shape index (κ3) is 4.58. The van der Waals surface area contributed by atoms with E-state index in [0.29, 0.717) is 12.5 Å². The SMILES string of the molecule is C=CCn1c(S[C@@H](C)C(=O)Nc2ccc3c(c2)CCC3)nnc1C1CCCCC1. The Hall–Kier alpha value is -2.08. The van der Waals surface area contributed by atoms with Gasteiger partial charge in [0.2, 0.25) is 5.91 Å². The van der Waals surface area contributed by atoms with E-state index < -0.39 is 0 Å². The Bertz CT molecular complexity index is 885. The van der Waals surface area contributed by atoms with E-state index in [1.165, 1.54) is 61.4 Å². The zero-order chi connectivity index (χ0) is 20.2. The Labute approximate surface area is 177 Å². The molecule has 1 aromatic carbocycles. The maximum atomic E-state index is 12.8. The topological polar surface area (TPSA) is 59.8 Å². The van der Waals surface area contributed by atoms with Crippen LogP contribution in [0.5, 0.6) is 0 Å². The van der Waals surface area contributed by atoms with Crippen molar-refractivity contribution in [1.29, 1.82) is 0 Å². The molecule has 1 aromatic heterocycles. The third-order valence-corrected chi connectivity index (χ3v) is 7.13. The van der Waals surface area contributed by atoms with Gasteiger partial charge in [0, 0.05) is 18.2 Å². The minimum atomic E-state index is -0.254. The Kier molecular flexibility index (Phi) is 6.38. The molecule has 1 saturated carbocycles. The van der Waals surface area contributed by atoms with Crippen molar-refractivity contribution < 1.29 is 4.79 Å². The number of thioether (sulfide) groups is 1. The van der Waals surface area contributed by atoms with E-state index in [9.17, 15) is 4.79 Å². The van der Waals surface area contributed by atoms with Gasteiger partial charge in [-0.1, -0.05) is 43.2 Å². The van der Waals surface area contributed by atoms with Crippen molar-refractivity contribution in [2.45, 2.75) is 81.2 Å². The molecule has 1 fully saturated rings. The van der Waals surface area contributed by atoms with Gasteiger partial charge in [-0.3, -0.25) is 4.79 Å². The molecule has 1 N–H and O–H groups in total. The summed E-state index contributed by atoms with van der Waals surface area (Å²) in [5.74, 6) is 1.53. The van der Waals surface area contributed by atoms with Crippen LogP contribution in [0.15, 0.2) is 36.0 Å². The monoisotopic (exact) mass is 410 g/mol. The van der Waals surface area contributed by atoms with Gasteiger partial charge in [-0.2, -0.15) is 0 Å². The van der Waals surface area contributed by atoms with E-state index in [1.807, 2.05) is 19.1 Å². The van der Waals surface area contributed by atoms with Crippen LogP contribution in [-0.4, -0.2) is 25.9 Å². The van der Waals surface area contributed by atoms with Crippen LogP contribution in [0.25, 0.3) is 0 Å². The minimum absolute atomic E-state index is 0.000293. The van der Waals surface area contributed by atoms with Crippen LogP contribution in [0.3, 0.4) is 0 Å². The van der Waals surface area contributed by atoms with Gasteiger partial charge in [0.1, 0.15) is 5.82 Å². The number of nitrogens with zero attached hydrogens (tertiary/aromatic N) is 3. The maximum Gasteiger partial charge on any atom is 0.237 e. The second-order valence-corrected chi connectivity index (χ2v) is 9.47. The molecular weight excluding hydrogens is 380 g/mol. The van der Waals surface area contributed by atoms with E-state index >= 15 is 0 Å². The number of nitrogens with one attached hydrogen (secondary N) is 1. The van der Waals surface area contributed by atoms with Gasteiger partial charge in [0.25, 0.3) is 0 Å². The van der Waals surface area contributed by atoms with Crippen molar-refractivity contribution in [3.63, 3.8) is 0 Å². The van der Waals surface area contributed by atoms with Crippen molar-refractivity contribution in [3.05, 3.63) is 47.8 Å². The number of aryl methyl sites for hydroxylation is 2. The summed E-state index contributed by atoms with van der Waals surface area (Å²) >= 11 is 1.48. The fraction of sp³-hybridized carbons (Fsp3) is 0.522. The number of carbonyl (C=O) groups is 1. The fourth-order valence-electron chi connectivity index (χ4n) is 4.46. The van der Waals surface area contributed by atoms with Crippen LogP contribution in [0.2, 0.25) is 0 Å². The van der Waals surface area contributed by atoms with E-state index in [4.69, 9.17) is 0 Å². The average molecular weight is 411 g/mol. The molecule has 0 unspecified atom stereocenters. The zero-order valence-corrected chi connectivity index (χ0v) is 18.0. The molecule has 154 valence electrons.